The van der Waals surface area contributed by atoms with Gasteiger partial charge in [-0.05, 0) is 36.9 Å². The van der Waals surface area contributed by atoms with Crippen molar-refractivity contribution in [1.29, 1.82) is 0 Å². The van der Waals surface area contributed by atoms with Crippen molar-refractivity contribution in [3.63, 3.8) is 0 Å². The number of aliphatic hydroxyl groups excluding tert-OH is 2. The third-order valence-corrected chi connectivity index (χ3v) is 13.6. The number of carbonyl (C=O) groups is 7. The van der Waals surface area contributed by atoms with E-state index in [2.05, 4.69) is 74.3 Å². The van der Waals surface area contributed by atoms with Crippen LogP contribution in [0.1, 0.15) is 95.2 Å². The molecular weight excluding hydrogens is 969 g/mol. The number of rotatable bonds is 28. The molecule has 0 radical (unpaired) electrons. The number of carbonyl (C=O) groups excluding carboxylic acids is 7. The first kappa shape index (κ1) is 56.4. The average Bonchev–Trinajstić information content (AvgIpc) is 4.13. The van der Waals surface area contributed by atoms with E-state index < -0.39 is 90.2 Å². The molecule has 0 aliphatic carbocycles. The minimum Gasteiger partial charge on any atom is -0.449 e. The molecule has 0 aromatic carbocycles. The number of primary amides is 2. The molecule has 0 saturated heterocycles. The van der Waals surface area contributed by atoms with E-state index in [1.165, 1.54) is 49.6 Å². The molecule has 1 unspecified atom stereocenters. The third kappa shape index (κ3) is 16.2. The predicted molar refractivity (Wildman–Crippen MR) is 263 cm³/mol. The SMILES string of the molecule is CCC(NC(=O)[C@@H](C)[C@H](O)[C@@H](C)NC(=O)[C@@H](NC(=O)c1nc([C@H](CC(N)=O)NC[C@H](N)C(N)=O)nc(N)c1C)[C@@H](O)c1c[n-]cn1)C(=O)NCCc1nc(-c2nc(C(=O)NCCC[S+](C)C)cs2)cs1. The number of imidazole rings is 1. The molecule has 0 spiro atoms. The van der Waals surface area contributed by atoms with Crippen LogP contribution in [0.2, 0.25) is 0 Å². The number of anilines is 1. The van der Waals surface area contributed by atoms with E-state index in [0.717, 1.165) is 23.5 Å². The van der Waals surface area contributed by atoms with Gasteiger partial charge in [0.2, 0.25) is 29.5 Å². The minimum absolute atomic E-state index is 0.0589. The van der Waals surface area contributed by atoms with Gasteiger partial charge in [-0.2, -0.15) is 0 Å². The van der Waals surface area contributed by atoms with E-state index in [9.17, 15) is 43.8 Å². The summed E-state index contributed by atoms with van der Waals surface area (Å²) in [6, 6.07) is -6.21. The van der Waals surface area contributed by atoms with Crippen molar-refractivity contribution in [1.82, 2.24) is 61.8 Å². The zero-order valence-electron chi connectivity index (χ0n) is 39.6. The molecule has 0 fully saturated rings. The van der Waals surface area contributed by atoms with Crippen LogP contribution in [0.5, 0.6) is 0 Å². The van der Waals surface area contributed by atoms with Crippen molar-refractivity contribution in [3.8, 4) is 10.7 Å². The number of nitrogens with two attached hydrogens (primary N) is 4. The van der Waals surface area contributed by atoms with Crippen LogP contribution in [0.4, 0.5) is 5.82 Å². The lowest BCUT2D eigenvalue weighted by Gasteiger charge is -2.30. The standard InChI is InChI=1S/C42H62N16O9S3/c1-7-23(38(64)49-11-9-29-53-27(17-68-29)42-55-26(16-69-42)39(65)48-10-8-12-70(5)6)54-37(63)20(3)32(60)21(4)52-41(67)31(33(61)25-15-47-18-51-25)57-40(66)30-19(2)34(45)58-36(56-30)24(13-28(44)59)50-14-22(43)35(46)62/h15-18,20-24,31-33,50,60-61H,7-14,43H2,1-6H3,(H11-,44,45,46,47,48,49,51,52,54,56,57,58,59,62,63,64,65,66,67)/t20-,21+,22-,23?,24-,31-,32-,33-/m0/s1. The van der Waals surface area contributed by atoms with Crippen molar-refractivity contribution < 1.29 is 43.8 Å². The Balaban J connectivity index is 1.36. The van der Waals surface area contributed by atoms with E-state index in [4.69, 9.17) is 22.9 Å². The highest BCUT2D eigenvalue weighted by Gasteiger charge is 2.36. The maximum atomic E-state index is 13.9. The number of thiazole rings is 2. The molecule has 7 amide bonds. The molecule has 70 heavy (non-hydrogen) atoms. The Bertz CT molecular complexity index is 2430. The second-order valence-corrected chi connectivity index (χ2v) is 20.7. The Labute approximate surface area is 414 Å². The smallest absolute Gasteiger partial charge is 0.271 e. The van der Waals surface area contributed by atoms with Crippen LogP contribution in [0.25, 0.3) is 10.7 Å². The van der Waals surface area contributed by atoms with Gasteiger partial charge in [0.05, 0.1) is 47.7 Å². The molecule has 4 rings (SSSR count). The minimum atomic E-state index is -1.80. The third-order valence-electron chi connectivity index (χ3n) is 10.8. The van der Waals surface area contributed by atoms with Gasteiger partial charge in [0.25, 0.3) is 11.8 Å². The van der Waals surface area contributed by atoms with Gasteiger partial charge in [0, 0.05) is 55.2 Å². The number of amides is 7. The van der Waals surface area contributed by atoms with Crippen molar-refractivity contribution in [2.75, 3.05) is 43.6 Å². The molecular formula is C42H62N16O9S3. The van der Waals surface area contributed by atoms with Gasteiger partial charge in [-0.3, -0.25) is 33.6 Å². The summed E-state index contributed by atoms with van der Waals surface area (Å²) in [6.45, 7) is 6.46. The normalized spacial score (nSPS) is 14.8. The van der Waals surface area contributed by atoms with Crippen LogP contribution in [-0.4, -0.2) is 145 Å². The molecule has 0 aliphatic rings. The van der Waals surface area contributed by atoms with Gasteiger partial charge in [-0.1, -0.05) is 26.4 Å². The highest BCUT2D eigenvalue weighted by atomic mass is 32.2. The first-order valence-electron chi connectivity index (χ1n) is 22.0. The molecule has 0 bridgehead atoms. The largest absolute Gasteiger partial charge is 0.449 e. The van der Waals surface area contributed by atoms with Crippen molar-refractivity contribution in [2.45, 2.75) is 95.8 Å². The fraction of sp³-hybridized carbons (Fsp3) is 0.524. The second-order valence-electron chi connectivity index (χ2n) is 16.5. The Morgan fingerprint density at radius 3 is 2.26 bits per heavy atom. The predicted octanol–water partition coefficient (Wildman–Crippen LogP) is -2.80. The number of aromatic nitrogens is 6. The van der Waals surface area contributed by atoms with Crippen LogP contribution < -0.4 is 59.8 Å². The van der Waals surface area contributed by atoms with Crippen LogP contribution in [0.3, 0.4) is 0 Å². The number of nitrogens with one attached hydrogen (secondary N) is 6. The molecule has 4 heterocycles. The molecule has 0 aliphatic heterocycles. The Hall–Kier alpha value is -6.17. The van der Waals surface area contributed by atoms with Crippen LogP contribution in [-0.2, 0) is 41.3 Å². The van der Waals surface area contributed by atoms with Crippen LogP contribution in [0.15, 0.2) is 23.3 Å². The number of hydrogen-bond acceptors (Lipinski definition) is 19. The quantitative estimate of drug-likeness (QED) is 0.0202. The summed E-state index contributed by atoms with van der Waals surface area (Å²) in [5.74, 6) is -5.61. The molecule has 0 saturated carbocycles. The molecule has 382 valence electrons. The van der Waals surface area contributed by atoms with Crippen molar-refractivity contribution in [2.24, 2.45) is 23.1 Å². The zero-order valence-corrected chi connectivity index (χ0v) is 42.0. The molecule has 25 nitrogen and oxygen atoms in total. The van der Waals surface area contributed by atoms with Crippen LogP contribution >= 0.6 is 22.7 Å². The number of nitrogen functional groups attached to an aromatic ring is 1. The molecule has 4 aromatic rings. The summed E-state index contributed by atoms with van der Waals surface area (Å²) in [7, 11) is 0.307. The summed E-state index contributed by atoms with van der Waals surface area (Å²) in [5, 5.41) is 43.5. The van der Waals surface area contributed by atoms with Crippen molar-refractivity contribution >= 4 is 80.7 Å². The first-order chi connectivity index (χ1) is 33.1. The van der Waals surface area contributed by atoms with Gasteiger partial charge in [-0.15, -0.1) is 22.7 Å². The van der Waals surface area contributed by atoms with Crippen molar-refractivity contribution in [3.05, 3.63) is 56.8 Å². The molecule has 4 aromatic heterocycles. The van der Waals surface area contributed by atoms with Gasteiger partial charge < -0.3 is 75.0 Å². The van der Waals surface area contributed by atoms with Gasteiger partial charge in [0.15, 0.2) is 0 Å². The van der Waals surface area contributed by atoms with Crippen LogP contribution in [0, 0.1) is 12.8 Å². The summed E-state index contributed by atoms with van der Waals surface area (Å²) >= 11 is 2.69. The lowest BCUT2D eigenvalue weighted by molar-refractivity contribution is -0.134. The highest BCUT2D eigenvalue weighted by molar-refractivity contribution is 7.95. The van der Waals surface area contributed by atoms with Gasteiger partial charge >= 0.3 is 0 Å². The summed E-state index contributed by atoms with van der Waals surface area (Å²) in [5.41, 5.74) is 23.1. The van der Waals surface area contributed by atoms with E-state index in [1.54, 1.807) is 12.3 Å². The molecule has 8 atom stereocenters. The van der Waals surface area contributed by atoms with E-state index in [0.29, 0.717) is 40.3 Å². The summed E-state index contributed by atoms with van der Waals surface area (Å²) in [6.07, 6.45) is 4.32. The number of hydrogen-bond donors (Lipinski definition) is 12. The number of nitrogens with zero attached hydrogens (tertiary/aromatic N) is 6. The summed E-state index contributed by atoms with van der Waals surface area (Å²) in [4.78, 5) is 116. The summed E-state index contributed by atoms with van der Waals surface area (Å²) < 4.78 is 0. The van der Waals surface area contributed by atoms with E-state index >= 15 is 0 Å². The Morgan fingerprint density at radius 2 is 1.61 bits per heavy atom. The monoisotopic (exact) mass is 1030 g/mol. The topological polar surface area (TPSA) is 415 Å². The highest BCUT2D eigenvalue weighted by Crippen LogP contribution is 2.26. The van der Waals surface area contributed by atoms with Gasteiger partial charge in [-0.25, -0.2) is 19.9 Å². The fourth-order valence-corrected chi connectivity index (χ4v) is 8.89. The molecule has 28 heteroatoms. The number of aliphatic hydroxyl groups is 2. The van der Waals surface area contributed by atoms with E-state index in [1.807, 2.05) is 5.38 Å². The first-order valence-corrected chi connectivity index (χ1v) is 26.0. The zero-order chi connectivity index (χ0) is 51.8. The fourth-order valence-electron chi connectivity index (χ4n) is 6.55. The lowest BCUT2D eigenvalue weighted by Crippen LogP contribution is -2.56. The Kier molecular flexibility index (Phi) is 21.5. The lowest BCUT2D eigenvalue weighted by atomic mass is 9.96. The maximum Gasteiger partial charge on any atom is 0.271 e. The Morgan fingerprint density at radius 1 is 0.886 bits per heavy atom. The van der Waals surface area contributed by atoms with Gasteiger partial charge in [0.1, 0.15) is 57.7 Å². The molecule has 16 N–H and O–H groups in total. The second kappa shape index (κ2) is 26.7. The average molecular weight is 1030 g/mol. The van der Waals surface area contributed by atoms with E-state index in [-0.39, 0.29) is 54.0 Å². The maximum absolute atomic E-state index is 13.9.